The minimum absolute atomic E-state index is 0.609. The van der Waals surface area contributed by atoms with E-state index in [1.54, 1.807) is 30.4 Å². The molecule has 1 unspecified atom stereocenters. The molecule has 1 aliphatic carbocycles. The highest BCUT2D eigenvalue weighted by Gasteiger charge is 2.04. The molecule has 0 bridgehead atoms. The molecule has 1 aliphatic rings. The first-order chi connectivity index (χ1) is 5.84. The van der Waals surface area contributed by atoms with Gasteiger partial charge in [0.15, 0.2) is 6.10 Å². The van der Waals surface area contributed by atoms with Crippen LogP contribution in [0.25, 0.3) is 0 Å². The normalized spacial score (nSPS) is 29.8. The van der Waals surface area contributed by atoms with Crippen LogP contribution in [0.3, 0.4) is 0 Å². The second-order valence-electron chi connectivity index (χ2n) is 2.33. The van der Waals surface area contributed by atoms with Crippen LogP contribution < -0.4 is 0 Å². The molecule has 12 heavy (non-hydrogen) atoms. The van der Waals surface area contributed by atoms with Gasteiger partial charge in [-0.2, -0.15) is 5.26 Å². The second-order valence-corrected chi connectivity index (χ2v) is 2.33. The molecule has 0 amide bonds. The van der Waals surface area contributed by atoms with E-state index in [0.29, 0.717) is 5.57 Å². The third kappa shape index (κ3) is 2.22. The van der Waals surface area contributed by atoms with E-state index in [0.717, 1.165) is 0 Å². The summed E-state index contributed by atoms with van der Waals surface area (Å²) in [5, 5.41) is 17.6. The fraction of sp³-hybridized carbons (Fsp3) is 0.100. The van der Waals surface area contributed by atoms with Crippen LogP contribution in [-0.4, -0.2) is 11.2 Å². The lowest BCUT2D eigenvalue weighted by molar-refractivity contribution is 0.270. The Morgan fingerprint density at radius 1 is 1.17 bits per heavy atom. The maximum absolute atomic E-state index is 9.16. The summed E-state index contributed by atoms with van der Waals surface area (Å²) in [6.07, 6.45) is 11.5. The van der Waals surface area contributed by atoms with Crippen molar-refractivity contribution in [1.29, 1.82) is 5.26 Å². The van der Waals surface area contributed by atoms with Gasteiger partial charge in [-0.05, 0) is 5.57 Å². The van der Waals surface area contributed by atoms with E-state index in [1.165, 1.54) is 0 Å². The smallest absolute Gasteiger partial charge is 0.165 e. The Hall–Kier alpha value is -1.59. The fourth-order valence-electron chi connectivity index (χ4n) is 0.838. The molecular weight excluding hydrogens is 150 g/mol. The maximum atomic E-state index is 9.16. The zero-order chi connectivity index (χ0) is 8.81. The molecule has 1 N–H and O–H groups in total. The van der Waals surface area contributed by atoms with Crippen molar-refractivity contribution < 1.29 is 5.11 Å². The molecule has 2 heteroatoms. The molecule has 0 aliphatic heterocycles. The molecule has 0 spiro atoms. The predicted molar refractivity (Wildman–Crippen MR) is 47.1 cm³/mol. The average Bonchev–Trinajstić information content (AvgIpc) is 2.02. The van der Waals surface area contributed by atoms with Crippen LogP contribution in [0.4, 0.5) is 0 Å². The van der Waals surface area contributed by atoms with Crippen LogP contribution >= 0.6 is 0 Å². The van der Waals surface area contributed by atoms with Crippen LogP contribution in [0.2, 0.25) is 0 Å². The Morgan fingerprint density at radius 3 is 2.58 bits per heavy atom. The molecule has 2 nitrogen and oxygen atoms in total. The molecule has 1 rings (SSSR count). The van der Waals surface area contributed by atoms with Crippen molar-refractivity contribution in [2.24, 2.45) is 0 Å². The van der Waals surface area contributed by atoms with Crippen molar-refractivity contribution in [2.45, 2.75) is 6.10 Å². The number of rotatable bonds is 1. The molecule has 0 saturated carbocycles. The Bertz CT molecular complexity index is 302. The average molecular weight is 159 g/mol. The molecule has 0 aromatic carbocycles. The summed E-state index contributed by atoms with van der Waals surface area (Å²) in [4.78, 5) is 0. The molecule has 1 atom stereocenters. The summed E-state index contributed by atoms with van der Waals surface area (Å²) in [5.74, 6) is 0. The molecule has 0 fully saturated rings. The topological polar surface area (TPSA) is 44.0 Å². The van der Waals surface area contributed by atoms with Gasteiger partial charge in [0.05, 0.1) is 6.07 Å². The van der Waals surface area contributed by atoms with Gasteiger partial charge < -0.3 is 5.11 Å². The number of nitrogens with zero attached hydrogens (tertiary/aromatic N) is 1. The van der Waals surface area contributed by atoms with Crippen LogP contribution in [0, 0.1) is 11.3 Å². The van der Waals surface area contributed by atoms with Crippen molar-refractivity contribution in [1.82, 2.24) is 0 Å². The number of hydrogen-bond donors (Lipinski definition) is 1. The summed E-state index contributed by atoms with van der Waals surface area (Å²) in [6, 6.07) is 1.76. The summed E-state index contributed by atoms with van der Waals surface area (Å²) in [6.45, 7) is 0. The third-order valence-corrected chi connectivity index (χ3v) is 1.46. The standard InChI is InChI=1S/C10H9NO/c11-8-10(12)9-6-4-2-1-3-5-7-9/h1-7,10,12H/b2-1-,3-1?,4-2?,5-3-,6-4-,7-5?,9-6?,9-7+. The van der Waals surface area contributed by atoms with Gasteiger partial charge in [0.2, 0.25) is 0 Å². The number of aliphatic hydroxyl groups is 1. The Kier molecular flexibility index (Phi) is 3.06. The van der Waals surface area contributed by atoms with Gasteiger partial charge in [-0.1, -0.05) is 42.5 Å². The Labute approximate surface area is 71.4 Å². The molecule has 0 aromatic heterocycles. The first-order valence-corrected chi connectivity index (χ1v) is 3.64. The van der Waals surface area contributed by atoms with Crippen molar-refractivity contribution >= 4 is 0 Å². The molecular formula is C10H9NO. The van der Waals surface area contributed by atoms with E-state index >= 15 is 0 Å². The predicted octanol–water partition coefficient (Wildman–Crippen LogP) is 1.48. The quantitative estimate of drug-likeness (QED) is 0.589. The Morgan fingerprint density at radius 2 is 1.83 bits per heavy atom. The molecule has 60 valence electrons. The van der Waals surface area contributed by atoms with Crippen LogP contribution in [0.15, 0.2) is 48.1 Å². The number of nitriles is 1. The number of aliphatic hydroxyl groups excluding tert-OH is 1. The summed E-state index contributed by atoms with van der Waals surface area (Å²) < 4.78 is 0. The van der Waals surface area contributed by atoms with E-state index in [2.05, 4.69) is 0 Å². The van der Waals surface area contributed by atoms with Crippen molar-refractivity contribution in [2.75, 3.05) is 0 Å². The number of allylic oxidation sites excluding steroid dienone is 6. The number of hydrogen-bond acceptors (Lipinski definition) is 2. The maximum Gasteiger partial charge on any atom is 0.165 e. The first-order valence-electron chi connectivity index (χ1n) is 3.64. The lowest BCUT2D eigenvalue weighted by Gasteiger charge is -2.01. The highest BCUT2D eigenvalue weighted by molar-refractivity contribution is 5.35. The highest BCUT2D eigenvalue weighted by Crippen LogP contribution is 2.06. The summed E-state index contributed by atoms with van der Waals surface area (Å²) in [7, 11) is 0. The fourth-order valence-corrected chi connectivity index (χ4v) is 0.838. The zero-order valence-corrected chi connectivity index (χ0v) is 6.51. The van der Waals surface area contributed by atoms with E-state index < -0.39 is 6.10 Å². The van der Waals surface area contributed by atoms with Gasteiger partial charge in [0.1, 0.15) is 0 Å². The van der Waals surface area contributed by atoms with Crippen molar-refractivity contribution in [3.05, 3.63) is 48.1 Å². The van der Waals surface area contributed by atoms with Crippen molar-refractivity contribution in [3.63, 3.8) is 0 Å². The molecule has 0 heterocycles. The molecule has 0 saturated heterocycles. The van der Waals surface area contributed by atoms with E-state index in [9.17, 15) is 0 Å². The van der Waals surface area contributed by atoms with Crippen LogP contribution in [0.5, 0.6) is 0 Å². The van der Waals surface area contributed by atoms with Crippen LogP contribution in [0.1, 0.15) is 0 Å². The first kappa shape index (κ1) is 8.51. The summed E-state index contributed by atoms with van der Waals surface area (Å²) in [5.41, 5.74) is 0.609. The van der Waals surface area contributed by atoms with Gasteiger partial charge in [-0.3, -0.25) is 0 Å². The zero-order valence-electron chi connectivity index (χ0n) is 6.51. The Balaban J connectivity index is 2.84. The highest BCUT2D eigenvalue weighted by atomic mass is 16.3. The van der Waals surface area contributed by atoms with Crippen molar-refractivity contribution in [3.8, 4) is 6.07 Å². The van der Waals surface area contributed by atoms with E-state index in [4.69, 9.17) is 10.4 Å². The van der Waals surface area contributed by atoms with Gasteiger partial charge in [0.25, 0.3) is 0 Å². The third-order valence-electron chi connectivity index (χ3n) is 1.46. The van der Waals surface area contributed by atoms with Gasteiger partial charge in [0, 0.05) is 0 Å². The van der Waals surface area contributed by atoms with Gasteiger partial charge >= 0.3 is 0 Å². The minimum Gasteiger partial charge on any atom is -0.374 e. The molecule has 0 radical (unpaired) electrons. The lowest BCUT2D eigenvalue weighted by Crippen LogP contribution is -2.04. The van der Waals surface area contributed by atoms with Crippen LogP contribution in [-0.2, 0) is 0 Å². The summed E-state index contributed by atoms with van der Waals surface area (Å²) >= 11 is 0. The van der Waals surface area contributed by atoms with E-state index in [1.807, 2.05) is 18.2 Å². The molecule has 0 aromatic rings. The monoisotopic (exact) mass is 159 g/mol. The van der Waals surface area contributed by atoms with Gasteiger partial charge in [-0.15, -0.1) is 0 Å². The van der Waals surface area contributed by atoms with E-state index in [-0.39, 0.29) is 0 Å². The largest absolute Gasteiger partial charge is 0.374 e. The van der Waals surface area contributed by atoms with Gasteiger partial charge in [-0.25, -0.2) is 0 Å². The lowest BCUT2D eigenvalue weighted by atomic mass is 10.1. The minimum atomic E-state index is -1.03. The SMILES string of the molecule is N#CC(O)C1=C/C=C\C=C/C=C\1. The second kappa shape index (κ2) is 4.32.